The number of carbonyl (C=O) groups is 2. The minimum atomic E-state index is -0.125. The summed E-state index contributed by atoms with van der Waals surface area (Å²) in [6, 6.07) is 1.98. The number of anilines is 2. The van der Waals surface area contributed by atoms with Crippen LogP contribution < -0.4 is 20.9 Å². The van der Waals surface area contributed by atoms with Crippen molar-refractivity contribution >= 4 is 23.5 Å². The molecule has 0 radical (unpaired) electrons. The third kappa shape index (κ3) is 5.06. The number of nitrogens with one attached hydrogen (secondary N) is 3. The number of aryl methyl sites for hydroxylation is 1. The summed E-state index contributed by atoms with van der Waals surface area (Å²) in [6.45, 7) is 5.54. The molecule has 3 heterocycles. The molecule has 0 saturated carbocycles. The fourth-order valence-corrected chi connectivity index (χ4v) is 3.40. The average molecular weight is 360 g/mol. The molecule has 8 nitrogen and oxygen atoms in total. The molecule has 1 atom stereocenters. The molecular formula is C18H28N6O2. The Morgan fingerprint density at radius 2 is 2.08 bits per heavy atom. The van der Waals surface area contributed by atoms with E-state index in [9.17, 15) is 9.59 Å². The number of amides is 2. The molecule has 2 fully saturated rings. The van der Waals surface area contributed by atoms with E-state index in [1.807, 2.05) is 13.0 Å². The van der Waals surface area contributed by atoms with E-state index in [0.717, 1.165) is 30.5 Å². The van der Waals surface area contributed by atoms with Gasteiger partial charge in [-0.3, -0.25) is 9.59 Å². The summed E-state index contributed by atoms with van der Waals surface area (Å²) in [6.07, 6.45) is 4.75. The van der Waals surface area contributed by atoms with Gasteiger partial charge in [-0.05, 0) is 32.6 Å². The summed E-state index contributed by atoms with van der Waals surface area (Å²) in [5.41, 5.74) is 0. The van der Waals surface area contributed by atoms with Crippen LogP contribution in [-0.4, -0.2) is 54.5 Å². The summed E-state index contributed by atoms with van der Waals surface area (Å²) in [5.74, 6) is 2.41. The van der Waals surface area contributed by atoms with Gasteiger partial charge in [0.25, 0.3) is 0 Å². The first kappa shape index (κ1) is 18.4. The van der Waals surface area contributed by atoms with Crippen LogP contribution in [0.4, 0.5) is 11.6 Å². The average Bonchev–Trinajstić information content (AvgIpc) is 2.66. The van der Waals surface area contributed by atoms with Gasteiger partial charge >= 0.3 is 0 Å². The lowest BCUT2D eigenvalue weighted by Crippen LogP contribution is -2.43. The highest BCUT2D eigenvalue weighted by atomic mass is 16.2. The van der Waals surface area contributed by atoms with E-state index >= 15 is 0 Å². The second-order valence-electron chi connectivity index (χ2n) is 6.96. The monoisotopic (exact) mass is 360 g/mol. The van der Waals surface area contributed by atoms with Gasteiger partial charge in [-0.2, -0.15) is 0 Å². The van der Waals surface area contributed by atoms with E-state index in [-0.39, 0.29) is 17.7 Å². The van der Waals surface area contributed by atoms with Gasteiger partial charge in [0.05, 0.1) is 5.92 Å². The molecule has 0 bridgehead atoms. The SMILES string of the molecule is Cc1nc(NCCNC(=O)C2CCC(=O)NC2)cc(N2CCCCC2)n1. The van der Waals surface area contributed by atoms with Crippen LogP contribution in [0, 0.1) is 12.8 Å². The van der Waals surface area contributed by atoms with Gasteiger partial charge < -0.3 is 20.9 Å². The molecule has 3 N–H and O–H groups in total. The number of hydrogen-bond acceptors (Lipinski definition) is 6. The molecule has 26 heavy (non-hydrogen) atoms. The molecule has 1 unspecified atom stereocenters. The molecule has 2 amide bonds. The number of hydrogen-bond donors (Lipinski definition) is 3. The predicted molar refractivity (Wildman–Crippen MR) is 100 cm³/mol. The molecule has 2 aliphatic rings. The van der Waals surface area contributed by atoms with Crippen molar-refractivity contribution in [1.29, 1.82) is 0 Å². The molecule has 1 aromatic rings. The highest BCUT2D eigenvalue weighted by Crippen LogP contribution is 2.20. The molecule has 3 rings (SSSR count). The zero-order valence-electron chi connectivity index (χ0n) is 15.4. The van der Waals surface area contributed by atoms with Crippen molar-refractivity contribution in [2.75, 3.05) is 42.9 Å². The molecule has 8 heteroatoms. The van der Waals surface area contributed by atoms with Gasteiger partial charge in [0.15, 0.2) is 0 Å². The lowest BCUT2D eigenvalue weighted by Gasteiger charge is -2.28. The summed E-state index contributed by atoms with van der Waals surface area (Å²) in [5, 5.41) is 8.93. The predicted octanol–water partition coefficient (Wildman–Crippen LogP) is 0.830. The summed E-state index contributed by atoms with van der Waals surface area (Å²) in [7, 11) is 0. The lowest BCUT2D eigenvalue weighted by atomic mass is 9.98. The smallest absolute Gasteiger partial charge is 0.224 e. The van der Waals surface area contributed by atoms with Crippen LogP contribution >= 0.6 is 0 Å². The van der Waals surface area contributed by atoms with Gasteiger partial charge in [-0.1, -0.05) is 0 Å². The van der Waals surface area contributed by atoms with Crippen molar-refractivity contribution in [3.05, 3.63) is 11.9 Å². The molecule has 2 saturated heterocycles. The van der Waals surface area contributed by atoms with Gasteiger partial charge in [0, 0.05) is 45.2 Å². The van der Waals surface area contributed by atoms with Crippen molar-refractivity contribution in [3.63, 3.8) is 0 Å². The minimum absolute atomic E-state index is 0.000302. The number of aromatic nitrogens is 2. The van der Waals surface area contributed by atoms with Crippen LogP contribution in [0.5, 0.6) is 0 Å². The van der Waals surface area contributed by atoms with Crippen molar-refractivity contribution in [2.24, 2.45) is 5.92 Å². The highest BCUT2D eigenvalue weighted by molar-refractivity contribution is 5.83. The minimum Gasteiger partial charge on any atom is -0.368 e. The molecule has 0 aromatic carbocycles. The van der Waals surface area contributed by atoms with E-state index in [1.54, 1.807) is 0 Å². The van der Waals surface area contributed by atoms with Gasteiger partial charge in [-0.15, -0.1) is 0 Å². The molecule has 2 aliphatic heterocycles. The maximum Gasteiger partial charge on any atom is 0.224 e. The molecule has 0 spiro atoms. The first-order chi connectivity index (χ1) is 12.6. The lowest BCUT2D eigenvalue weighted by molar-refractivity contribution is -0.128. The molecule has 1 aromatic heterocycles. The van der Waals surface area contributed by atoms with Crippen LogP contribution in [0.2, 0.25) is 0 Å². The summed E-state index contributed by atoms with van der Waals surface area (Å²) in [4.78, 5) is 34.6. The van der Waals surface area contributed by atoms with Crippen LogP contribution in [0.25, 0.3) is 0 Å². The third-order valence-corrected chi connectivity index (χ3v) is 4.87. The van der Waals surface area contributed by atoms with Gasteiger partial charge in [-0.25, -0.2) is 9.97 Å². The fraction of sp³-hybridized carbons (Fsp3) is 0.667. The van der Waals surface area contributed by atoms with E-state index in [0.29, 0.717) is 32.5 Å². The maximum atomic E-state index is 12.1. The number of carbonyl (C=O) groups excluding carboxylic acids is 2. The van der Waals surface area contributed by atoms with Crippen LogP contribution in [0.1, 0.15) is 37.9 Å². The van der Waals surface area contributed by atoms with E-state index in [2.05, 4.69) is 30.8 Å². The van der Waals surface area contributed by atoms with Gasteiger partial charge in [0.1, 0.15) is 17.5 Å². The zero-order chi connectivity index (χ0) is 18.4. The normalized spacial score (nSPS) is 20.4. The second kappa shape index (κ2) is 8.82. The molecule has 142 valence electrons. The van der Waals surface area contributed by atoms with Gasteiger partial charge in [0.2, 0.25) is 11.8 Å². The van der Waals surface area contributed by atoms with Crippen molar-refractivity contribution in [3.8, 4) is 0 Å². The summed E-state index contributed by atoms with van der Waals surface area (Å²) >= 11 is 0. The quantitative estimate of drug-likeness (QED) is 0.650. The fourth-order valence-electron chi connectivity index (χ4n) is 3.40. The first-order valence-corrected chi connectivity index (χ1v) is 9.51. The Bertz CT molecular complexity index is 635. The number of rotatable bonds is 6. The van der Waals surface area contributed by atoms with E-state index in [1.165, 1.54) is 19.3 Å². The topological polar surface area (TPSA) is 99.2 Å². The Morgan fingerprint density at radius 1 is 1.27 bits per heavy atom. The maximum absolute atomic E-state index is 12.1. The second-order valence-corrected chi connectivity index (χ2v) is 6.96. The first-order valence-electron chi connectivity index (χ1n) is 9.51. The summed E-state index contributed by atoms with van der Waals surface area (Å²) < 4.78 is 0. The largest absolute Gasteiger partial charge is 0.368 e. The van der Waals surface area contributed by atoms with Crippen molar-refractivity contribution < 1.29 is 9.59 Å². The van der Waals surface area contributed by atoms with Crippen molar-refractivity contribution in [1.82, 2.24) is 20.6 Å². The van der Waals surface area contributed by atoms with Crippen LogP contribution in [0.3, 0.4) is 0 Å². The van der Waals surface area contributed by atoms with E-state index in [4.69, 9.17) is 0 Å². The Morgan fingerprint density at radius 3 is 2.81 bits per heavy atom. The molecule has 0 aliphatic carbocycles. The Kier molecular flexibility index (Phi) is 6.25. The third-order valence-electron chi connectivity index (χ3n) is 4.87. The van der Waals surface area contributed by atoms with Crippen molar-refractivity contribution in [2.45, 2.75) is 39.0 Å². The van der Waals surface area contributed by atoms with E-state index < -0.39 is 0 Å². The Labute approximate surface area is 154 Å². The zero-order valence-corrected chi connectivity index (χ0v) is 15.4. The Hall–Kier alpha value is -2.38. The number of nitrogens with zero attached hydrogens (tertiary/aromatic N) is 3. The number of piperidine rings is 2. The van der Waals surface area contributed by atoms with Crippen LogP contribution in [-0.2, 0) is 9.59 Å². The van der Waals surface area contributed by atoms with Crippen LogP contribution in [0.15, 0.2) is 6.07 Å². The Balaban J connectivity index is 1.45. The highest BCUT2D eigenvalue weighted by Gasteiger charge is 2.23. The molecular weight excluding hydrogens is 332 g/mol. The standard InChI is InChI=1S/C18H28N6O2/c1-13-22-15(11-16(23-13)24-9-3-2-4-10-24)19-7-8-20-18(26)14-5-6-17(25)21-12-14/h11,14H,2-10,12H2,1H3,(H,20,26)(H,21,25)(H,19,22,23).